The van der Waals surface area contributed by atoms with Gasteiger partial charge in [-0.2, -0.15) is 0 Å². The lowest BCUT2D eigenvalue weighted by atomic mass is 10.3. The summed E-state index contributed by atoms with van der Waals surface area (Å²) >= 11 is 12.8. The number of amides is 1. The Bertz CT molecular complexity index is 680. The molecule has 1 aromatic carbocycles. The maximum absolute atomic E-state index is 12.4. The molecule has 1 saturated carbocycles. The third-order valence-electron chi connectivity index (χ3n) is 3.16. The van der Waals surface area contributed by atoms with Gasteiger partial charge in [0.05, 0.1) is 5.69 Å². The van der Waals surface area contributed by atoms with E-state index in [1.165, 1.54) is 0 Å². The van der Waals surface area contributed by atoms with Gasteiger partial charge in [-0.15, -0.1) is 0 Å². The first-order chi connectivity index (χ1) is 9.54. The van der Waals surface area contributed by atoms with E-state index in [9.17, 15) is 4.79 Å². The molecule has 0 unspecified atom stereocenters. The third kappa shape index (κ3) is 2.95. The number of hydrogen-bond donors (Lipinski definition) is 1. The van der Waals surface area contributed by atoms with Crippen LogP contribution >= 0.6 is 43.5 Å². The lowest BCUT2D eigenvalue weighted by Crippen LogP contribution is -2.16. The van der Waals surface area contributed by atoms with Crippen molar-refractivity contribution in [2.75, 3.05) is 5.32 Å². The molecule has 6 heteroatoms. The highest BCUT2D eigenvalue weighted by Gasteiger charge is 2.27. The smallest absolute Gasteiger partial charge is 0.272 e. The van der Waals surface area contributed by atoms with E-state index in [0.29, 0.717) is 22.4 Å². The van der Waals surface area contributed by atoms with Crippen molar-refractivity contribution in [2.45, 2.75) is 18.9 Å². The Hall–Kier alpha value is -0.780. The monoisotopic (exact) mass is 416 g/mol. The van der Waals surface area contributed by atoms with Crippen LogP contribution in [0.25, 0.3) is 0 Å². The third-order valence-corrected chi connectivity index (χ3v) is 4.52. The SMILES string of the molecule is O=C(Nc1cc(Cl)ccc1Br)c1cc(Br)cn1C1CC1. The molecule has 0 aliphatic heterocycles. The molecular weight excluding hydrogens is 407 g/mol. The summed E-state index contributed by atoms with van der Waals surface area (Å²) in [6.07, 6.45) is 4.21. The van der Waals surface area contributed by atoms with Crippen LogP contribution in [-0.2, 0) is 0 Å². The van der Waals surface area contributed by atoms with Gasteiger partial charge in [0.15, 0.2) is 0 Å². The van der Waals surface area contributed by atoms with Gasteiger partial charge in [-0.05, 0) is 69.0 Å². The van der Waals surface area contributed by atoms with E-state index < -0.39 is 0 Å². The van der Waals surface area contributed by atoms with Crippen molar-refractivity contribution < 1.29 is 4.79 Å². The number of benzene rings is 1. The Kier molecular flexibility index (Phi) is 3.93. The van der Waals surface area contributed by atoms with Crippen molar-refractivity contribution >= 4 is 55.1 Å². The number of halogens is 3. The molecule has 0 saturated heterocycles. The molecule has 1 amide bonds. The van der Waals surface area contributed by atoms with E-state index in [1.807, 2.05) is 22.9 Å². The minimum atomic E-state index is -0.134. The van der Waals surface area contributed by atoms with Crippen LogP contribution in [0.4, 0.5) is 5.69 Å². The van der Waals surface area contributed by atoms with E-state index in [-0.39, 0.29) is 5.91 Å². The summed E-state index contributed by atoms with van der Waals surface area (Å²) in [7, 11) is 0. The van der Waals surface area contributed by atoms with Crippen LogP contribution < -0.4 is 5.32 Å². The molecule has 1 aromatic heterocycles. The van der Waals surface area contributed by atoms with Gasteiger partial charge in [0.2, 0.25) is 0 Å². The Labute approximate surface area is 138 Å². The fourth-order valence-electron chi connectivity index (χ4n) is 2.06. The quantitative estimate of drug-likeness (QED) is 0.725. The fourth-order valence-corrected chi connectivity index (χ4v) is 3.02. The highest BCUT2D eigenvalue weighted by molar-refractivity contribution is 9.10. The van der Waals surface area contributed by atoms with E-state index in [4.69, 9.17) is 11.6 Å². The highest BCUT2D eigenvalue weighted by atomic mass is 79.9. The largest absolute Gasteiger partial charge is 0.339 e. The summed E-state index contributed by atoms with van der Waals surface area (Å²) in [5.74, 6) is -0.134. The van der Waals surface area contributed by atoms with Gasteiger partial charge in [-0.1, -0.05) is 11.6 Å². The molecule has 0 bridgehead atoms. The summed E-state index contributed by atoms with van der Waals surface area (Å²) < 4.78 is 3.75. The minimum Gasteiger partial charge on any atom is -0.339 e. The Morgan fingerprint density at radius 3 is 2.75 bits per heavy atom. The fraction of sp³-hybridized carbons (Fsp3) is 0.214. The first-order valence-corrected chi connectivity index (χ1v) is 8.15. The number of carbonyl (C=O) groups is 1. The molecule has 0 radical (unpaired) electrons. The molecule has 2 aromatic rings. The number of hydrogen-bond acceptors (Lipinski definition) is 1. The molecule has 1 aliphatic rings. The Morgan fingerprint density at radius 2 is 2.05 bits per heavy atom. The maximum Gasteiger partial charge on any atom is 0.272 e. The van der Waals surface area contributed by atoms with Crippen LogP contribution in [-0.4, -0.2) is 10.5 Å². The normalized spacial score (nSPS) is 14.3. The number of nitrogens with one attached hydrogen (secondary N) is 1. The summed E-state index contributed by atoms with van der Waals surface area (Å²) in [5, 5.41) is 3.48. The van der Waals surface area contributed by atoms with Crippen molar-refractivity contribution in [2.24, 2.45) is 0 Å². The second kappa shape index (κ2) is 5.54. The molecule has 0 spiro atoms. The zero-order valence-electron chi connectivity index (χ0n) is 10.4. The molecule has 1 fully saturated rings. The first kappa shape index (κ1) is 14.2. The summed E-state index contributed by atoms with van der Waals surface area (Å²) in [6.45, 7) is 0. The van der Waals surface area contributed by atoms with Crippen molar-refractivity contribution in [1.29, 1.82) is 0 Å². The predicted octanol–water partition coefficient (Wildman–Crippen LogP) is 5.25. The van der Waals surface area contributed by atoms with Gasteiger partial charge in [-0.25, -0.2) is 0 Å². The lowest BCUT2D eigenvalue weighted by Gasteiger charge is -2.10. The molecule has 1 aliphatic carbocycles. The predicted molar refractivity (Wildman–Crippen MR) is 87.5 cm³/mol. The van der Waals surface area contributed by atoms with Gasteiger partial charge in [0, 0.05) is 26.2 Å². The molecule has 104 valence electrons. The average molecular weight is 419 g/mol. The maximum atomic E-state index is 12.4. The van der Waals surface area contributed by atoms with Crippen molar-refractivity contribution in [3.63, 3.8) is 0 Å². The topological polar surface area (TPSA) is 34.0 Å². The van der Waals surface area contributed by atoms with Crippen LogP contribution in [0.1, 0.15) is 29.4 Å². The number of aromatic nitrogens is 1. The van der Waals surface area contributed by atoms with E-state index in [1.54, 1.807) is 12.1 Å². The van der Waals surface area contributed by atoms with Crippen LogP contribution in [0.2, 0.25) is 5.02 Å². The minimum absolute atomic E-state index is 0.134. The average Bonchev–Trinajstić information content (AvgIpc) is 3.17. The number of carbonyl (C=O) groups excluding carboxylic acids is 1. The molecule has 3 nitrogen and oxygen atoms in total. The number of nitrogens with zero attached hydrogens (tertiary/aromatic N) is 1. The molecule has 3 rings (SSSR count). The second-order valence-electron chi connectivity index (χ2n) is 4.76. The van der Waals surface area contributed by atoms with E-state index in [0.717, 1.165) is 21.8 Å². The standard InChI is InChI=1S/C14H11Br2ClN2O/c15-8-5-13(19(7-8)10-2-3-10)14(20)18-12-6-9(17)1-4-11(12)16/h1,4-7,10H,2-3H2,(H,18,20). The van der Waals surface area contributed by atoms with Gasteiger partial charge >= 0.3 is 0 Å². The second-order valence-corrected chi connectivity index (χ2v) is 6.97. The first-order valence-electron chi connectivity index (χ1n) is 6.18. The number of anilines is 1. The van der Waals surface area contributed by atoms with Crippen LogP contribution in [0.15, 0.2) is 39.4 Å². The highest BCUT2D eigenvalue weighted by Crippen LogP contribution is 2.37. The van der Waals surface area contributed by atoms with Gasteiger partial charge in [0.25, 0.3) is 5.91 Å². The van der Waals surface area contributed by atoms with Gasteiger partial charge in [0.1, 0.15) is 5.69 Å². The van der Waals surface area contributed by atoms with Crippen molar-refractivity contribution in [3.8, 4) is 0 Å². The molecule has 1 N–H and O–H groups in total. The van der Waals surface area contributed by atoms with Crippen LogP contribution in [0.5, 0.6) is 0 Å². The van der Waals surface area contributed by atoms with E-state index in [2.05, 4.69) is 37.2 Å². The summed E-state index contributed by atoms with van der Waals surface area (Å²) in [6, 6.07) is 7.60. The zero-order valence-corrected chi connectivity index (χ0v) is 14.3. The molecule has 0 atom stereocenters. The van der Waals surface area contributed by atoms with Crippen molar-refractivity contribution in [3.05, 3.63) is 50.1 Å². The summed E-state index contributed by atoms with van der Waals surface area (Å²) in [4.78, 5) is 12.4. The van der Waals surface area contributed by atoms with E-state index >= 15 is 0 Å². The van der Waals surface area contributed by atoms with Crippen LogP contribution in [0, 0.1) is 0 Å². The van der Waals surface area contributed by atoms with Crippen molar-refractivity contribution in [1.82, 2.24) is 4.57 Å². The van der Waals surface area contributed by atoms with Gasteiger partial charge < -0.3 is 9.88 Å². The Balaban J connectivity index is 1.87. The van der Waals surface area contributed by atoms with Gasteiger partial charge in [-0.3, -0.25) is 4.79 Å². The lowest BCUT2D eigenvalue weighted by molar-refractivity contribution is 0.101. The molecular formula is C14H11Br2ClN2O. The Morgan fingerprint density at radius 1 is 1.30 bits per heavy atom. The number of rotatable bonds is 3. The molecule has 1 heterocycles. The van der Waals surface area contributed by atoms with Crippen LogP contribution in [0.3, 0.4) is 0 Å². The summed E-state index contributed by atoms with van der Waals surface area (Å²) in [5.41, 5.74) is 1.33. The molecule has 20 heavy (non-hydrogen) atoms. The zero-order chi connectivity index (χ0) is 14.3.